The first-order valence-electron chi connectivity index (χ1n) is 6.45. The highest BCUT2D eigenvalue weighted by atomic mass is 35.5. The van der Waals surface area contributed by atoms with Gasteiger partial charge in [0.15, 0.2) is 11.6 Å². The summed E-state index contributed by atoms with van der Waals surface area (Å²) in [4.78, 5) is 0. The second-order valence-electron chi connectivity index (χ2n) is 4.77. The molecule has 0 saturated carbocycles. The van der Waals surface area contributed by atoms with E-state index in [0.717, 1.165) is 11.6 Å². The van der Waals surface area contributed by atoms with Crippen LogP contribution < -0.4 is 5.32 Å². The summed E-state index contributed by atoms with van der Waals surface area (Å²) in [6.45, 7) is 3.74. The molecule has 0 bridgehead atoms. The first kappa shape index (κ1) is 14.9. The van der Waals surface area contributed by atoms with Crippen molar-refractivity contribution in [2.75, 3.05) is 0 Å². The summed E-state index contributed by atoms with van der Waals surface area (Å²) < 4.78 is 27.0. The molecule has 0 aromatic heterocycles. The van der Waals surface area contributed by atoms with Crippen LogP contribution in [0.3, 0.4) is 0 Å². The van der Waals surface area contributed by atoms with Gasteiger partial charge in [0.25, 0.3) is 0 Å². The fourth-order valence-corrected chi connectivity index (χ4v) is 2.54. The zero-order chi connectivity index (χ0) is 14.7. The molecule has 1 N–H and O–H groups in total. The van der Waals surface area contributed by atoms with Gasteiger partial charge < -0.3 is 5.32 Å². The van der Waals surface area contributed by atoms with Gasteiger partial charge in [-0.15, -0.1) is 0 Å². The number of hydrogen-bond acceptors (Lipinski definition) is 1. The maximum Gasteiger partial charge on any atom is 0.163 e. The third kappa shape index (κ3) is 3.17. The lowest BCUT2D eigenvalue weighted by Crippen LogP contribution is -2.23. The predicted octanol–water partition coefficient (Wildman–Crippen LogP) is 5.03. The summed E-state index contributed by atoms with van der Waals surface area (Å²) in [5, 5.41) is 3.88. The maximum atomic E-state index is 13.7. The molecule has 0 fully saturated rings. The summed E-state index contributed by atoms with van der Waals surface area (Å²) in [5.74, 6) is -1.64. The van der Waals surface area contributed by atoms with Crippen molar-refractivity contribution in [1.29, 1.82) is 0 Å². The number of hydrogen-bond donors (Lipinski definition) is 1. The van der Waals surface area contributed by atoms with Gasteiger partial charge in [-0.25, -0.2) is 8.78 Å². The summed E-state index contributed by atoms with van der Waals surface area (Å²) in [6, 6.07) is 11.3. The van der Waals surface area contributed by atoms with E-state index in [0.29, 0.717) is 10.6 Å². The largest absolute Gasteiger partial charge is 0.303 e. The number of nitrogens with one attached hydrogen (secondary N) is 1. The van der Waals surface area contributed by atoms with Gasteiger partial charge in [-0.05, 0) is 31.5 Å². The van der Waals surface area contributed by atoms with Crippen molar-refractivity contribution in [3.8, 4) is 0 Å². The molecule has 0 heterocycles. The first-order valence-corrected chi connectivity index (χ1v) is 6.83. The molecular weight excluding hydrogens is 280 g/mol. The second-order valence-corrected chi connectivity index (χ2v) is 5.18. The van der Waals surface area contributed by atoms with Crippen LogP contribution in [0.15, 0.2) is 42.5 Å². The Morgan fingerprint density at radius 1 is 0.900 bits per heavy atom. The third-order valence-electron chi connectivity index (χ3n) is 3.32. The molecule has 0 amide bonds. The van der Waals surface area contributed by atoms with Gasteiger partial charge in [-0.2, -0.15) is 0 Å². The fraction of sp³-hybridized carbons (Fsp3) is 0.250. The monoisotopic (exact) mass is 295 g/mol. The van der Waals surface area contributed by atoms with Gasteiger partial charge in [0.05, 0.1) is 0 Å². The molecule has 20 heavy (non-hydrogen) atoms. The fourth-order valence-electron chi connectivity index (χ4n) is 2.24. The van der Waals surface area contributed by atoms with E-state index in [9.17, 15) is 8.78 Å². The van der Waals surface area contributed by atoms with Crippen molar-refractivity contribution in [3.63, 3.8) is 0 Å². The van der Waals surface area contributed by atoms with Gasteiger partial charge in [0.2, 0.25) is 0 Å². The van der Waals surface area contributed by atoms with Crippen LogP contribution in [-0.2, 0) is 0 Å². The Bertz CT molecular complexity index is 601. The van der Waals surface area contributed by atoms with Crippen molar-refractivity contribution in [1.82, 2.24) is 5.32 Å². The Balaban J connectivity index is 2.17. The summed E-state index contributed by atoms with van der Waals surface area (Å²) in [7, 11) is 0. The van der Waals surface area contributed by atoms with Crippen LogP contribution in [0.25, 0.3) is 0 Å². The summed E-state index contributed by atoms with van der Waals surface area (Å²) in [6.07, 6.45) is 0. The SMILES string of the molecule is CC(N[C@H](C)c1ccccc1Cl)c1cccc(F)c1F. The lowest BCUT2D eigenvalue weighted by Gasteiger charge is -2.22. The number of halogens is 3. The van der Waals surface area contributed by atoms with Crippen molar-refractivity contribution in [3.05, 3.63) is 70.2 Å². The first-order chi connectivity index (χ1) is 9.50. The number of rotatable bonds is 4. The van der Waals surface area contributed by atoms with E-state index in [1.807, 2.05) is 31.2 Å². The van der Waals surface area contributed by atoms with Crippen LogP contribution in [0, 0.1) is 11.6 Å². The van der Waals surface area contributed by atoms with Gasteiger partial charge in [-0.1, -0.05) is 41.9 Å². The molecule has 2 aromatic rings. The minimum Gasteiger partial charge on any atom is -0.303 e. The predicted molar refractivity (Wildman–Crippen MR) is 77.8 cm³/mol. The maximum absolute atomic E-state index is 13.7. The van der Waals surface area contributed by atoms with E-state index in [-0.39, 0.29) is 12.1 Å². The Hall–Kier alpha value is -1.45. The van der Waals surface area contributed by atoms with E-state index in [4.69, 9.17) is 11.6 Å². The van der Waals surface area contributed by atoms with Crippen LogP contribution in [-0.4, -0.2) is 0 Å². The highest BCUT2D eigenvalue weighted by molar-refractivity contribution is 6.31. The lowest BCUT2D eigenvalue weighted by atomic mass is 10.0. The van der Waals surface area contributed by atoms with Crippen LogP contribution in [0.2, 0.25) is 5.02 Å². The molecule has 0 aliphatic heterocycles. The average Bonchev–Trinajstić information content (AvgIpc) is 2.42. The molecule has 2 aromatic carbocycles. The van der Waals surface area contributed by atoms with E-state index < -0.39 is 11.6 Å². The van der Waals surface area contributed by atoms with E-state index in [1.165, 1.54) is 6.07 Å². The zero-order valence-corrected chi connectivity index (χ0v) is 12.1. The van der Waals surface area contributed by atoms with Gasteiger partial charge in [-0.3, -0.25) is 0 Å². The normalized spacial score (nSPS) is 14.1. The standard InChI is InChI=1S/C16H16ClF2N/c1-10(12-6-3-4-8-14(12)17)20-11(2)13-7-5-9-15(18)16(13)19/h3-11,20H,1-2H3/t10-,11?/m1/s1. The van der Waals surface area contributed by atoms with Gasteiger partial charge in [0, 0.05) is 22.7 Å². The highest BCUT2D eigenvalue weighted by Crippen LogP contribution is 2.26. The average molecular weight is 296 g/mol. The van der Waals surface area contributed by atoms with Crippen LogP contribution in [0.5, 0.6) is 0 Å². The van der Waals surface area contributed by atoms with E-state index >= 15 is 0 Å². The smallest absolute Gasteiger partial charge is 0.163 e. The molecule has 2 atom stereocenters. The van der Waals surface area contributed by atoms with Gasteiger partial charge >= 0.3 is 0 Å². The minimum atomic E-state index is -0.832. The molecular formula is C16H16ClF2N. The molecule has 4 heteroatoms. The van der Waals surface area contributed by atoms with Crippen LogP contribution in [0.4, 0.5) is 8.78 Å². The second kappa shape index (κ2) is 6.33. The molecule has 106 valence electrons. The molecule has 2 rings (SSSR count). The van der Waals surface area contributed by atoms with Gasteiger partial charge in [0.1, 0.15) is 0 Å². The summed E-state index contributed by atoms with van der Waals surface area (Å²) in [5.41, 5.74) is 1.24. The molecule has 0 spiro atoms. The van der Waals surface area contributed by atoms with Crippen LogP contribution >= 0.6 is 11.6 Å². The van der Waals surface area contributed by atoms with Crippen molar-refractivity contribution >= 4 is 11.6 Å². The molecule has 1 unspecified atom stereocenters. The molecule has 0 aliphatic carbocycles. The Morgan fingerprint density at radius 3 is 2.20 bits per heavy atom. The van der Waals surface area contributed by atoms with E-state index in [1.54, 1.807) is 13.0 Å². The lowest BCUT2D eigenvalue weighted by molar-refractivity contribution is 0.449. The molecule has 0 aliphatic rings. The molecule has 0 saturated heterocycles. The Kier molecular flexibility index (Phi) is 4.73. The topological polar surface area (TPSA) is 12.0 Å². The van der Waals surface area contributed by atoms with E-state index in [2.05, 4.69) is 5.32 Å². The van der Waals surface area contributed by atoms with Crippen LogP contribution in [0.1, 0.15) is 37.1 Å². The van der Waals surface area contributed by atoms with Crippen molar-refractivity contribution < 1.29 is 8.78 Å². The zero-order valence-electron chi connectivity index (χ0n) is 11.3. The highest BCUT2D eigenvalue weighted by Gasteiger charge is 2.17. The summed E-state index contributed by atoms with van der Waals surface area (Å²) >= 11 is 6.13. The minimum absolute atomic E-state index is 0.0682. The Labute approximate surface area is 122 Å². The van der Waals surface area contributed by atoms with Crippen molar-refractivity contribution in [2.45, 2.75) is 25.9 Å². The Morgan fingerprint density at radius 2 is 1.50 bits per heavy atom. The molecule has 1 nitrogen and oxygen atoms in total. The molecule has 0 radical (unpaired) electrons. The number of benzene rings is 2. The third-order valence-corrected chi connectivity index (χ3v) is 3.66. The quantitative estimate of drug-likeness (QED) is 0.834. The van der Waals surface area contributed by atoms with Crippen molar-refractivity contribution in [2.24, 2.45) is 0 Å².